The van der Waals surface area contributed by atoms with Gasteiger partial charge < -0.3 is 4.57 Å². The Balaban J connectivity index is 2.22. The highest BCUT2D eigenvalue weighted by atomic mass is 32.2. The van der Waals surface area contributed by atoms with Crippen LogP contribution in [0.2, 0.25) is 0 Å². The van der Waals surface area contributed by atoms with E-state index in [1.165, 1.54) is 5.56 Å². The second-order valence-corrected chi connectivity index (χ2v) is 3.94. The predicted molar refractivity (Wildman–Crippen MR) is 60.8 cm³/mol. The zero-order chi connectivity index (χ0) is 9.80. The van der Waals surface area contributed by atoms with Crippen molar-refractivity contribution in [2.75, 3.05) is 6.26 Å². The van der Waals surface area contributed by atoms with Crippen molar-refractivity contribution in [2.45, 2.75) is 5.75 Å². The lowest BCUT2D eigenvalue weighted by molar-refractivity contribution is 1.05. The van der Waals surface area contributed by atoms with E-state index in [1.807, 2.05) is 28.9 Å². The van der Waals surface area contributed by atoms with E-state index >= 15 is 0 Å². The highest BCUT2D eigenvalue weighted by Crippen LogP contribution is 2.12. The summed E-state index contributed by atoms with van der Waals surface area (Å²) in [5, 5.41) is 0. The van der Waals surface area contributed by atoms with Crippen LogP contribution in [0.5, 0.6) is 0 Å². The first-order valence-corrected chi connectivity index (χ1v) is 5.86. The third-order valence-electron chi connectivity index (χ3n) is 2.05. The smallest absolute Gasteiger partial charge is 0.0991 e. The molecule has 0 aliphatic heterocycles. The second-order valence-electron chi connectivity index (χ2n) is 3.07. The first-order valence-electron chi connectivity index (χ1n) is 4.46. The molecule has 72 valence electrons. The molecule has 14 heavy (non-hydrogen) atoms. The molecule has 0 aliphatic rings. The normalized spacial score (nSPS) is 10.4. The molecule has 0 radical (unpaired) electrons. The number of nitrogens with zero attached hydrogens (tertiary/aromatic N) is 2. The molecule has 1 heterocycles. The first kappa shape index (κ1) is 9.34. The fourth-order valence-electron chi connectivity index (χ4n) is 1.34. The quantitative estimate of drug-likeness (QED) is 0.765. The number of benzene rings is 1. The number of hydrogen-bond acceptors (Lipinski definition) is 2. The lowest BCUT2D eigenvalue weighted by Crippen LogP contribution is -1.89. The van der Waals surface area contributed by atoms with Gasteiger partial charge in [-0.05, 0) is 24.0 Å². The molecule has 3 heteroatoms. The summed E-state index contributed by atoms with van der Waals surface area (Å²) in [6, 6.07) is 8.55. The van der Waals surface area contributed by atoms with Crippen LogP contribution in [-0.4, -0.2) is 15.8 Å². The van der Waals surface area contributed by atoms with E-state index in [4.69, 9.17) is 0 Å². The SMILES string of the molecule is CSCc1ccc(-n2ccnc2)cc1. The zero-order valence-electron chi connectivity index (χ0n) is 8.05. The Hall–Kier alpha value is -1.22. The molecule has 0 saturated heterocycles. The topological polar surface area (TPSA) is 17.8 Å². The van der Waals surface area contributed by atoms with Gasteiger partial charge >= 0.3 is 0 Å². The summed E-state index contributed by atoms with van der Waals surface area (Å²) in [5.41, 5.74) is 2.52. The van der Waals surface area contributed by atoms with E-state index in [9.17, 15) is 0 Å². The van der Waals surface area contributed by atoms with E-state index in [0.717, 1.165) is 11.4 Å². The van der Waals surface area contributed by atoms with Crippen molar-refractivity contribution in [3.05, 3.63) is 48.5 Å². The second kappa shape index (κ2) is 4.33. The summed E-state index contributed by atoms with van der Waals surface area (Å²) in [6.45, 7) is 0. The minimum absolute atomic E-state index is 1.07. The van der Waals surface area contributed by atoms with Gasteiger partial charge in [-0.3, -0.25) is 0 Å². The van der Waals surface area contributed by atoms with Crippen molar-refractivity contribution in [3.8, 4) is 5.69 Å². The summed E-state index contributed by atoms with van der Waals surface area (Å²) in [4.78, 5) is 4.02. The van der Waals surface area contributed by atoms with Gasteiger partial charge in [-0.25, -0.2) is 4.98 Å². The third kappa shape index (κ3) is 1.99. The van der Waals surface area contributed by atoms with Crippen LogP contribution >= 0.6 is 11.8 Å². The van der Waals surface area contributed by atoms with Crippen molar-refractivity contribution < 1.29 is 0 Å². The summed E-state index contributed by atoms with van der Waals surface area (Å²) in [7, 11) is 0. The third-order valence-corrected chi connectivity index (χ3v) is 2.67. The Morgan fingerprint density at radius 2 is 2.07 bits per heavy atom. The average molecular weight is 204 g/mol. The molecule has 0 saturated carbocycles. The van der Waals surface area contributed by atoms with Gasteiger partial charge in [-0.2, -0.15) is 11.8 Å². The summed E-state index contributed by atoms with van der Waals surface area (Å²) < 4.78 is 2.00. The summed E-state index contributed by atoms with van der Waals surface area (Å²) in [5.74, 6) is 1.07. The van der Waals surface area contributed by atoms with Gasteiger partial charge in [-0.15, -0.1) is 0 Å². The first-order chi connectivity index (χ1) is 6.90. The zero-order valence-corrected chi connectivity index (χ0v) is 8.87. The van der Waals surface area contributed by atoms with Crippen LogP contribution in [0.1, 0.15) is 5.56 Å². The highest BCUT2D eigenvalue weighted by molar-refractivity contribution is 7.97. The van der Waals surface area contributed by atoms with E-state index in [0.29, 0.717) is 0 Å². The maximum absolute atomic E-state index is 4.02. The standard InChI is InChI=1S/C11H12N2S/c1-14-8-10-2-4-11(5-3-10)13-7-6-12-9-13/h2-7,9H,8H2,1H3. The number of aromatic nitrogens is 2. The largest absolute Gasteiger partial charge is 0.306 e. The van der Waals surface area contributed by atoms with Gasteiger partial charge in [0.05, 0.1) is 6.33 Å². The fraction of sp³-hybridized carbons (Fsp3) is 0.182. The molecular formula is C11H12N2S. The molecule has 0 unspecified atom stereocenters. The molecule has 0 fully saturated rings. The van der Waals surface area contributed by atoms with Crippen LogP contribution in [0, 0.1) is 0 Å². The molecule has 1 aromatic carbocycles. The van der Waals surface area contributed by atoms with Gasteiger partial charge in [-0.1, -0.05) is 12.1 Å². The Morgan fingerprint density at radius 3 is 2.64 bits per heavy atom. The number of thioether (sulfide) groups is 1. The highest BCUT2D eigenvalue weighted by Gasteiger charge is 1.95. The fourth-order valence-corrected chi connectivity index (χ4v) is 1.87. The van der Waals surface area contributed by atoms with Crippen LogP contribution in [0.15, 0.2) is 43.0 Å². The monoisotopic (exact) mass is 204 g/mol. The molecule has 0 aliphatic carbocycles. The molecule has 0 spiro atoms. The lowest BCUT2D eigenvalue weighted by atomic mass is 10.2. The summed E-state index contributed by atoms with van der Waals surface area (Å²) in [6.07, 6.45) is 7.66. The van der Waals surface area contributed by atoms with Crippen LogP contribution in [0.25, 0.3) is 5.69 Å². The van der Waals surface area contributed by atoms with Crippen molar-refractivity contribution in [1.29, 1.82) is 0 Å². The number of imidazole rings is 1. The van der Waals surface area contributed by atoms with Crippen LogP contribution in [0.4, 0.5) is 0 Å². The van der Waals surface area contributed by atoms with Gasteiger partial charge in [0.2, 0.25) is 0 Å². The summed E-state index contributed by atoms with van der Waals surface area (Å²) >= 11 is 1.84. The Morgan fingerprint density at radius 1 is 1.29 bits per heavy atom. The molecule has 2 rings (SSSR count). The number of rotatable bonds is 3. The van der Waals surface area contributed by atoms with E-state index in [-0.39, 0.29) is 0 Å². The predicted octanol–water partition coefficient (Wildman–Crippen LogP) is 2.74. The molecule has 2 aromatic rings. The Labute approximate surface area is 88.0 Å². The van der Waals surface area contributed by atoms with E-state index in [1.54, 1.807) is 6.20 Å². The Bertz CT molecular complexity index is 378. The van der Waals surface area contributed by atoms with Crippen molar-refractivity contribution in [2.24, 2.45) is 0 Å². The van der Waals surface area contributed by atoms with Crippen molar-refractivity contribution in [1.82, 2.24) is 9.55 Å². The maximum Gasteiger partial charge on any atom is 0.0991 e. The molecule has 0 bridgehead atoms. The van der Waals surface area contributed by atoms with Gasteiger partial charge in [0.1, 0.15) is 0 Å². The minimum Gasteiger partial charge on any atom is -0.306 e. The average Bonchev–Trinajstić information content (AvgIpc) is 2.72. The van der Waals surface area contributed by atoms with Crippen LogP contribution < -0.4 is 0 Å². The maximum atomic E-state index is 4.02. The van der Waals surface area contributed by atoms with Gasteiger partial charge in [0, 0.05) is 23.8 Å². The molecule has 1 aromatic heterocycles. The number of hydrogen-bond donors (Lipinski definition) is 0. The molecule has 0 amide bonds. The minimum atomic E-state index is 1.07. The molecule has 0 N–H and O–H groups in total. The van der Waals surface area contributed by atoms with E-state index < -0.39 is 0 Å². The van der Waals surface area contributed by atoms with Gasteiger partial charge in [0.25, 0.3) is 0 Å². The lowest BCUT2D eigenvalue weighted by Gasteiger charge is -2.03. The van der Waals surface area contributed by atoms with E-state index in [2.05, 4.69) is 35.5 Å². The molecular weight excluding hydrogens is 192 g/mol. The van der Waals surface area contributed by atoms with Crippen LogP contribution in [-0.2, 0) is 5.75 Å². The van der Waals surface area contributed by atoms with Crippen LogP contribution in [0.3, 0.4) is 0 Å². The Kier molecular flexibility index (Phi) is 2.89. The molecule has 2 nitrogen and oxygen atoms in total. The molecule has 0 atom stereocenters. The van der Waals surface area contributed by atoms with Crippen molar-refractivity contribution in [3.63, 3.8) is 0 Å². The van der Waals surface area contributed by atoms with Crippen molar-refractivity contribution >= 4 is 11.8 Å². The van der Waals surface area contributed by atoms with Gasteiger partial charge in [0.15, 0.2) is 0 Å².